The van der Waals surface area contributed by atoms with E-state index in [0.29, 0.717) is 16.5 Å². The summed E-state index contributed by atoms with van der Waals surface area (Å²) in [6, 6.07) is 5.34. The van der Waals surface area contributed by atoms with Crippen LogP contribution in [0.25, 0.3) is 0 Å². The van der Waals surface area contributed by atoms with E-state index in [1.807, 2.05) is 10.9 Å². The zero-order chi connectivity index (χ0) is 13.8. The molecule has 0 aliphatic carbocycles. The molecule has 1 aromatic heterocycles. The Hall–Kier alpha value is -1.03. The van der Waals surface area contributed by atoms with E-state index in [0.717, 1.165) is 24.1 Å². The summed E-state index contributed by atoms with van der Waals surface area (Å²) >= 11 is 12.2. The van der Waals surface area contributed by atoms with Crippen molar-refractivity contribution < 1.29 is 5.11 Å². The lowest BCUT2D eigenvalue weighted by atomic mass is 10.0. The zero-order valence-electron chi connectivity index (χ0n) is 10.7. The van der Waals surface area contributed by atoms with Crippen molar-refractivity contribution in [2.45, 2.75) is 32.4 Å². The molecule has 0 amide bonds. The van der Waals surface area contributed by atoms with Crippen LogP contribution in [0.4, 0.5) is 0 Å². The first-order valence-corrected chi connectivity index (χ1v) is 7.00. The third-order valence-electron chi connectivity index (χ3n) is 2.95. The minimum Gasteiger partial charge on any atom is -0.388 e. The highest BCUT2D eigenvalue weighted by atomic mass is 35.5. The average molecular weight is 299 g/mol. The van der Waals surface area contributed by atoms with E-state index in [9.17, 15) is 5.11 Å². The summed E-state index contributed by atoms with van der Waals surface area (Å²) in [5.74, 6) is 0. The summed E-state index contributed by atoms with van der Waals surface area (Å²) in [5, 5.41) is 15.6. The quantitative estimate of drug-likeness (QED) is 0.910. The van der Waals surface area contributed by atoms with Gasteiger partial charge in [-0.25, -0.2) is 0 Å². The van der Waals surface area contributed by atoms with Crippen LogP contribution in [0.15, 0.2) is 30.6 Å². The van der Waals surface area contributed by atoms with Gasteiger partial charge in [-0.2, -0.15) is 5.10 Å². The molecule has 102 valence electrons. The van der Waals surface area contributed by atoms with E-state index >= 15 is 0 Å². The lowest BCUT2D eigenvalue weighted by molar-refractivity contribution is 0.178. The number of nitrogens with zero attached hydrogens (tertiary/aromatic N) is 2. The van der Waals surface area contributed by atoms with Crippen molar-refractivity contribution in [2.75, 3.05) is 0 Å². The molecule has 0 aliphatic rings. The Bertz CT molecular complexity index is 534. The van der Waals surface area contributed by atoms with Gasteiger partial charge >= 0.3 is 0 Å². The third kappa shape index (κ3) is 3.50. The Morgan fingerprint density at radius 1 is 1.32 bits per heavy atom. The molecule has 1 N–H and O–H groups in total. The van der Waals surface area contributed by atoms with Gasteiger partial charge in [0.15, 0.2) is 0 Å². The standard InChI is InChI=1S/C14H16Cl2N2O/c1-2-6-18-9-10(8-17-18)14(19)7-11-12(15)4-3-5-13(11)16/h3-5,8-9,14,19H,2,6-7H2,1H3. The summed E-state index contributed by atoms with van der Waals surface area (Å²) in [6.07, 6.45) is 4.29. The molecule has 0 saturated heterocycles. The first-order valence-electron chi connectivity index (χ1n) is 6.25. The molecule has 2 rings (SSSR count). The van der Waals surface area contributed by atoms with Crippen molar-refractivity contribution in [1.29, 1.82) is 0 Å². The van der Waals surface area contributed by atoms with E-state index in [-0.39, 0.29) is 0 Å². The predicted octanol–water partition coefficient (Wildman–Crippen LogP) is 3.88. The molecule has 0 radical (unpaired) electrons. The Morgan fingerprint density at radius 3 is 2.63 bits per heavy atom. The van der Waals surface area contributed by atoms with Gasteiger partial charge in [0.05, 0.1) is 12.3 Å². The van der Waals surface area contributed by atoms with Gasteiger partial charge in [-0.15, -0.1) is 0 Å². The van der Waals surface area contributed by atoms with Crippen molar-refractivity contribution in [1.82, 2.24) is 9.78 Å². The highest BCUT2D eigenvalue weighted by molar-refractivity contribution is 6.35. The first-order chi connectivity index (χ1) is 9.11. The maximum atomic E-state index is 10.2. The van der Waals surface area contributed by atoms with Crippen molar-refractivity contribution in [3.8, 4) is 0 Å². The maximum absolute atomic E-state index is 10.2. The van der Waals surface area contributed by atoms with Crippen LogP contribution >= 0.6 is 23.2 Å². The van der Waals surface area contributed by atoms with Gasteiger partial charge < -0.3 is 5.11 Å². The van der Waals surface area contributed by atoms with Gasteiger partial charge in [-0.3, -0.25) is 4.68 Å². The van der Waals surface area contributed by atoms with Gasteiger partial charge in [0.1, 0.15) is 0 Å². The van der Waals surface area contributed by atoms with E-state index in [1.54, 1.807) is 24.4 Å². The lowest BCUT2D eigenvalue weighted by Gasteiger charge is -2.11. The minimum atomic E-state index is -0.650. The normalized spacial score (nSPS) is 12.6. The number of rotatable bonds is 5. The van der Waals surface area contributed by atoms with E-state index in [2.05, 4.69) is 12.0 Å². The van der Waals surface area contributed by atoms with E-state index in [4.69, 9.17) is 23.2 Å². The Morgan fingerprint density at radius 2 is 2.00 bits per heavy atom. The largest absolute Gasteiger partial charge is 0.388 e. The molecule has 0 aliphatic heterocycles. The van der Waals surface area contributed by atoms with Crippen molar-refractivity contribution >= 4 is 23.2 Å². The lowest BCUT2D eigenvalue weighted by Crippen LogP contribution is -2.02. The molecule has 3 nitrogen and oxygen atoms in total. The molecule has 2 aromatic rings. The summed E-state index contributed by atoms with van der Waals surface area (Å²) in [6.45, 7) is 2.93. The molecule has 19 heavy (non-hydrogen) atoms. The fourth-order valence-electron chi connectivity index (χ4n) is 1.94. The monoisotopic (exact) mass is 298 g/mol. The third-order valence-corrected chi connectivity index (χ3v) is 3.66. The van der Waals surface area contributed by atoms with Gasteiger partial charge in [-0.1, -0.05) is 36.2 Å². The number of benzene rings is 1. The van der Waals surface area contributed by atoms with Gasteiger partial charge in [0.2, 0.25) is 0 Å². The SMILES string of the molecule is CCCn1cc(C(O)Cc2c(Cl)cccc2Cl)cn1. The number of aliphatic hydroxyl groups excluding tert-OH is 1. The molecule has 0 bridgehead atoms. The summed E-state index contributed by atoms with van der Waals surface area (Å²) in [4.78, 5) is 0. The smallest absolute Gasteiger partial charge is 0.0861 e. The second kappa shape index (κ2) is 6.42. The number of aryl methyl sites for hydroxylation is 1. The Kier molecular flexibility index (Phi) is 4.86. The Balaban J connectivity index is 2.13. The summed E-state index contributed by atoms with van der Waals surface area (Å²) in [5.41, 5.74) is 1.55. The fraction of sp³-hybridized carbons (Fsp3) is 0.357. The average Bonchev–Trinajstić information content (AvgIpc) is 2.83. The molecule has 0 spiro atoms. The van der Waals surface area contributed by atoms with E-state index in [1.165, 1.54) is 0 Å². The highest BCUT2D eigenvalue weighted by Crippen LogP contribution is 2.29. The molecular formula is C14H16Cl2N2O. The van der Waals surface area contributed by atoms with Crippen molar-refractivity contribution in [2.24, 2.45) is 0 Å². The molecule has 1 unspecified atom stereocenters. The zero-order valence-corrected chi connectivity index (χ0v) is 12.2. The number of aliphatic hydroxyl groups is 1. The number of halogens is 2. The molecule has 0 saturated carbocycles. The highest BCUT2D eigenvalue weighted by Gasteiger charge is 2.15. The summed E-state index contributed by atoms with van der Waals surface area (Å²) < 4.78 is 1.83. The molecule has 1 aromatic carbocycles. The molecule has 5 heteroatoms. The van der Waals surface area contributed by atoms with Crippen LogP contribution < -0.4 is 0 Å². The predicted molar refractivity (Wildman–Crippen MR) is 77.6 cm³/mol. The van der Waals surface area contributed by atoms with Crippen LogP contribution in [-0.4, -0.2) is 14.9 Å². The van der Waals surface area contributed by atoms with Crippen LogP contribution in [0.3, 0.4) is 0 Å². The van der Waals surface area contributed by atoms with Crippen LogP contribution in [-0.2, 0) is 13.0 Å². The van der Waals surface area contributed by atoms with E-state index < -0.39 is 6.10 Å². The van der Waals surface area contributed by atoms with Gasteiger partial charge in [0, 0.05) is 34.8 Å². The number of hydrogen-bond acceptors (Lipinski definition) is 2. The topological polar surface area (TPSA) is 38.0 Å². The van der Waals surface area contributed by atoms with Crippen LogP contribution in [0.5, 0.6) is 0 Å². The molecular weight excluding hydrogens is 283 g/mol. The van der Waals surface area contributed by atoms with Crippen LogP contribution in [0.2, 0.25) is 10.0 Å². The number of aromatic nitrogens is 2. The van der Waals surface area contributed by atoms with Crippen LogP contribution in [0, 0.1) is 0 Å². The molecule has 1 heterocycles. The second-order valence-corrected chi connectivity index (χ2v) is 5.27. The second-order valence-electron chi connectivity index (χ2n) is 4.46. The number of hydrogen-bond donors (Lipinski definition) is 1. The van der Waals surface area contributed by atoms with Gasteiger partial charge in [0.25, 0.3) is 0 Å². The minimum absolute atomic E-state index is 0.385. The Labute approximate surface area is 122 Å². The van der Waals surface area contributed by atoms with Gasteiger partial charge in [-0.05, 0) is 24.1 Å². The molecule has 1 atom stereocenters. The summed E-state index contributed by atoms with van der Waals surface area (Å²) in [7, 11) is 0. The van der Waals surface area contributed by atoms with Crippen LogP contribution in [0.1, 0.15) is 30.6 Å². The fourth-order valence-corrected chi connectivity index (χ4v) is 2.49. The van der Waals surface area contributed by atoms with Crippen molar-refractivity contribution in [3.05, 3.63) is 51.8 Å². The van der Waals surface area contributed by atoms with Crippen molar-refractivity contribution in [3.63, 3.8) is 0 Å². The first kappa shape index (κ1) is 14.4. The maximum Gasteiger partial charge on any atom is 0.0861 e. The molecule has 0 fully saturated rings.